The van der Waals surface area contributed by atoms with Gasteiger partial charge in [0.2, 0.25) is 5.91 Å². The lowest BCUT2D eigenvalue weighted by atomic mass is 9.80. The predicted molar refractivity (Wildman–Crippen MR) is 95.6 cm³/mol. The fourth-order valence-corrected chi connectivity index (χ4v) is 3.40. The van der Waals surface area contributed by atoms with Crippen LogP contribution >= 0.6 is 0 Å². The Balaban J connectivity index is 2.02. The summed E-state index contributed by atoms with van der Waals surface area (Å²) in [5.74, 6) is 0.395. The molecule has 1 aromatic carbocycles. The molecule has 1 aliphatic rings. The highest BCUT2D eigenvalue weighted by Gasteiger charge is 2.43. The summed E-state index contributed by atoms with van der Waals surface area (Å²) in [5.41, 5.74) is -0.0741. The molecule has 1 N–H and O–H groups in total. The van der Waals surface area contributed by atoms with Crippen molar-refractivity contribution in [2.75, 3.05) is 41.0 Å². The van der Waals surface area contributed by atoms with Gasteiger partial charge in [-0.15, -0.1) is 0 Å². The molecule has 0 radical (unpaired) electrons. The van der Waals surface area contributed by atoms with Gasteiger partial charge in [0.25, 0.3) is 0 Å². The molecule has 0 saturated carbocycles. The standard InChI is InChI=1S/C19H27NO6/c1-24-13-19(18(22)23)7-4-8-20(12-19)17(21)6-5-14-9-15(25-2)11-16(10-14)26-3/h9-11H,4-8,12-13H2,1-3H3,(H,22,23). The number of rotatable bonds is 8. The zero-order chi connectivity index (χ0) is 19.2. The number of nitrogens with zero attached hydrogens (tertiary/aromatic N) is 1. The summed E-state index contributed by atoms with van der Waals surface area (Å²) in [6, 6.07) is 5.53. The summed E-state index contributed by atoms with van der Waals surface area (Å²) < 4.78 is 15.6. The molecular formula is C19H27NO6. The van der Waals surface area contributed by atoms with Crippen molar-refractivity contribution in [3.8, 4) is 11.5 Å². The van der Waals surface area contributed by atoms with Crippen LogP contribution in [0.25, 0.3) is 0 Å². The summed E-state index contributed by atoms with van der Waals surface area (Å²) in [6.45, 7) is 0.884. The first-order valence-corrected chi connectivity index (χ1v) is 8.66. The molecule has 1 heterocycles. The van der Waals surface area contributed by atoms with Crippen LogP contribution in [-0.4, -0.2) is 62.9 Å². The predicted octanol–water partition coefficient (Wildman–Crippen LogP) is 1.98. The molecule has 0 aliphatic carbocycles. The molecule has 1 aliphatic heterocycles. The van der Waals surface area contributed by atoms with Gasteiger partial charge < -0.3 is 24.2 Å². The molecule has 7 heteroatoms. The molecule has 1 aromatic rings. The highest BCUT2D eigenvalue weighted by Crippen LogP contribution is 2.31. The van der Waals surface area contributed by atoms with E-state index in [0.717, 1.165) is 5.56 Å². The lowest BCUT2D eigenvalue weighted by Crippen LogP contribution is -2.52. The number of carbonyl (C=O) groups excluding carboxylic acids is 1. The van der Waals surface area contributed by atoms with Gasteiger partial charge in [0, 0.05) is 32.7 Å². The van der Waals surface area contributed by atoms with Crippen LogP contribution in [0.3, 0.4) is 0 Å². The average Bonchev–Trinajstić information content (AvgIpc) is 2.66. The minimum absolute atomic E-state index is 0.0479. The Morgan fingerprint density at radius 1 is 1.15 bits per heavy atom. The number of carboxylic acid groups (broad SMARTS) is 1. The van der Waals surface area contributed by atoms with Crippen molar-refractivity contribution in [3.05, 3.63) is 23.8 Å². The van der Waals surface area contributed by atoms with Gasteiger partial charge in [0.1, 0.15) is 16.9 Å². The number of benzene rings is 1. The highest BCUT2D eigenvalue weighted by molar-refractivity contribution is 5.80. The molecule has 1 unspecified atom stereocenters. The summed E-state index contributed by atoms with van der Waals surface area (Å²) in [6.07, 6.45) is 2.02. The fourth-order valence-electron chi connectivity index (χ4n) is 3.40. The zero-order valence-corrected chi connectivity index (χ0v) is 15.6. The second kappa shape index (κ2) is 8.89. The van der Waals surface area contributed by atoms with Crippen LogP contribution in [0.1, 0.15) is 24.8 Å². The number of methoxy groups -OCH3 is 3. The maximum Gasteiger partial charge on any atom is 0.313 e. The third-order valence-corrected chi connectivity index (χ3v) is 4.84. The zero-order valence-electron chi connectivity index (χ0n) is 15.6. The van der Waals surface area contributed by atoms with E-state index in [1.807, 2.05) is 12.1 Å². The van der Waals surface area contributed by atoms with Gasteiger partial charge in [0.05, 0.1) is 20.8 Å². The monoisotopic (exact) mass is 365 g/mol. The molecule has 1 fully saturated rings. The normalized spacial score (nSPS) is 19.9. The van der Waals surface area contributed by atoms with Crippen LogP contribution in [0.15, 0.2) is 18.2 Å². The van der Waals surface area contributed by atoms with E-state index in [0.29, 0.717) is 43.7 Å². The molecule has 0 bridgehead atoms. The second-order valence-corrected chi connectivity index (χ2v) is 6.66. The first-order chi connectivity index (χ1) is 12.4. The molecule has 26 heavy (non-hydrogen) atoms. The van der Waals surface area contributed by atoms with Crippen LogP contribution in [0.2, 0.25) is 0 Å². The van der Waals surface area contributed by atoms with E-state index in [-0.39, 0.29) is 19.1 Å². The quantitative estimate of drug-likeness (QED) is 0.758. The first-order valence-electron chi connectivity index (χ1n) is 8.66. The first kappa shape index (κ1) is 20.0. The van der Waals surface area contributed by atoms with E-state index < -0.39 is 11.4 Å². The number of amides is 1. The minimum Gasteiger partial charge on any atom is -0.497 e. The van der Waals surface area contributed by atoms with Crippen molar-refractivity contribution < 1.29 is 28.9 Å². The van der Waals surface area contributed by atoms with E-state index in [9.17, 15) is 14.7 Å². The third-order valence-electron chi connectivity index (χ3n) is 4.84. The number of hydrogen-bond acceptors (Lipinski definition) is 5. The van der Waals surface area contributed by atoms with E-state index in [1.54, 1.807) is 25.2 Å². The summed E-state index contributed by atoms with van der Waals surface area (Å²) in [5, 5.41) is 9.60. The molecule has 2 rings (SSSR count). The molecule has 1 saturated heterocycles. The van der Waals surface area contributed by atoms with Crippen molar-refractivity contribution >= 4 is 11.9 Å². The van der Waals surface area contributed by atoms with E-state index >= 15 is 0 Å². The van der Waals surface area contributed by atoms with Gasteiger partial charge in [-0.3, -0.25) is 9.59 Å². The number of aryl methyl sites for hydroxylation is 1. The smallest absolute Gasteiger partial charge is 0.313 e. The van der Waals surface area contributed by atoms with Crippen LogP contribution in [-0.2, 0) is 20.7 Å². The van der Waals surface area contributed by atoms with Gasteiger partial charge >= 0.3 is 5.97 Å². The lowest BCUT2D eigenvalue weighted by Gasteiger charge is -2.39. The highest BCUT2D eigenvalue weighted by atomic mass is 16.5. The number of hydrogen-bond donors (Lipinski definition) is 1. The molecule has 144 valence electrons. The van der Waals surface area contributed by atoms with Gasteiger partial charge in [-0.05, 0) is 37.0 Å². The van der Waals surface area contributed by atoms with Crippen molar-refractivity contribution in [1.82, 2.24) is 4.90 Å². The van der Waals surface area contributed by atoms with Crippen LogP contribution in [0, 0.1) is 5.41 Å². The maximum absolute atomic E-state index is 12.6. The maximum atomic E-state index is 12.6. The Hall–Kier alpha value is -2.28. The van der Waals surface area contributed by atoms with E-state index in [4.69, 9.17) is 14.2 Å². The van der Waals surface area contributed by atoms with Crippen molar-refractivity contribution in [2.45, 2.75) is 25.7 Å². The summed E-state index contributed by atoms with van der Waals surface area (Å²) in [7, 11) is 4.65. The van der Waals surface area contributed by atoms with Crippen molar-refractivity contribution in [2.24, 2.45) is 5.41 Å². The second-order valence-electron chi connectivity index (χ2n) is 6.66. The molecule has 1 atom stereocenters. The largest absolute Gasteiger partial charge is 0.497 e. The van der Waals surface area contributed by atoms with Gasteiger partial charge in [-0.2, -0.15) is 0 Å². The van der Waals surface area contributed by atoms with Crippen LogP contribution < -0.4 is 9.47 Å². The Morgan fingerprint density at radius 2 is 1.81 bits per heavy atom. The number of piperidine rings is 1. The Bertz CT molecular complexity index is 621. The summed E-state index contributed by atoms with van der Waals surface area (Å²) in [4.78, 5) is 26.0. The van der Waals surface area contributed by atoms with Crippen molar-refractivity contribution in [3.63, 3.8) is 0 Å². The fraction of sp³-hybridized carbons (Fsp3) is 0.579. The molecular weight excluding hydrogens is 338 g/mol. The Morgan fingerprint density at radius 3 is 2.35 bits per heavy atom. The summed E-state index contributed by atoms with van der Waals surface area (Å²) >= 11 is 0. The Kier molecular flexibility index (Phi) is 6.85. The third kappa shape index (κ3) is 4.66. The SMILES string of the molecule is COCC1(C(=O)O)CCCN(C(=O)CCc2cc(OC)cc(OC)c2)C1. The number of aliphatic carboxylic acids is 1. The number of likely N-dealkylation sites (tertiary alicyclic amines) is 1. The van der Waals surface area contributed by atoms with E-state index in [2.05, 4.69) is 0 Å². The molecule has 0 spiro atoms. The Labute approximate surface area is 153 Å². The van der Waals surface area contributed by atoms with Crippen LogP contribution in [0.5, 0.6) is 11.5 Å². The lowest BCUT2D eigenvalue weighted by molar-refractivity contribution is -0.159. The number of carbonyl (C=O) groups is 2. The van der Waals surface area contributed by atoms with Crippen molar-refractivity contribution in [1.29, 1.82) is 0 Å². The molecule has 0 aromatic heterocycles. The van der Waals surface area contributed by atoms with Gasteiger partial charge in [0.15, 0.2) is 0 Å². The number of carboxylic acids is 1. The average molecular weight is 365 g/mol. The molecule has 1 amide bonds. The molecule has 7 nitrogen and oxygen atoms in total. The number of ether oxygens (including phenoxy) is 3. The minimum atomic E-state index is -1.01. The topological polar surface area (TPSA) is 85.3 Å². The van der Waals surface area contributed by atoms with Gasteiger partial charge in [-0.1, -0.05) is 0 Å². The van der Waals surface area contributed by atoms with E-state index in [1.165, 1.54) is 7.11 Å². The van der Waals surface area contributed by atoms with Gasteiger partial charge in [-0.25, -0.2) is 0 Å². The van der Waals surface area contributed by atoms with Crippen LogP contribution in [0.4, 0.5) is 0 Å².